The van der Waals surface area contributed by atoms with Gasteiger partial charge in [0, 0.05) is 29.8 Å². The third-order valence-electron chi connectivity index (χ3n) is 2.28. The Kier molecular flexibility index (Phi) is 2.72. The Morgan fingerprint density at radius 1 is 1.00 bits per heavy atom. The van der Waals surface area contributed by atoms with Gasteiger partial charge in [0.2, 0.25) is 0 Å². The zero-order valence-electron chi connectivity index (χ0n) is 8.94. The zero-order chi connectivity index (χ0) is 10.7. The summed E-state index contributed by atoms with van der Waals surface area (Å²) in [5.41, 5.74) is 3.12. The van der Waals surface area contributed by atoms with E-state index in [4.69, 9.17) is 0 Å². The molecule has 0 aliphatic heterocycles. The van der Waals surface area contributed by atoms with Gasteiger partial charge >= 0.3 is 0 Å². The maximum Gasteiger partial charge on any atom is 0.160 e. The summed E-state index contributed by atoms with van der Waals surface area (Å²) < 4.78 is 0. The predicted molar refractivity (Wildman–Crippen MR) is 59.4 cm³/mol. The Hall–Kier alpha value is -1.77. The summed E-state index contributed by atoms with van der Waals surface area (Å²) in [6.45, 7) is 4.05. The van der Waals surface area contributed by atoms with Crippen molar-refractivity contribution in [2.24, 2.45) is 0 Å². The fourth-order valence-corrected chi connectivity index (χ4v) is 1.29. The lowest BCUT2D eigenvalue weighted by atomic mass is 10.2. The van der Waals surface area contributed by atoms with Crippen LogP contribution in [0.4, 0.5) is 0 Å². The van der Waals surface area contributed by atoms with Crippen LogP contribution in [0.15, 0.2) is 30.7 Å². The van der Waals surface area contributed by atoms with E-state index < -0.39 is 0 Å². The minimum absolute atomic E-state index is 0.736. The van der Waals surface area contributed by atoms with Gasteiger partial charge in [-0.15, -0.1) is 0 Å². The average molecular weight is 199 g/mol. The minimum atomic E-state index is 0.736. The van der Waals surface area contributed by atoms with Crippen molar-refractivity contribution >= 4 is 0 Å². The minimum Gasteiger partial charge on any atom is -0.261 e. The van der Waals surface area contributed by atoms with Crippen LogP contribution < -0.4 is 0 Å². The third-order valence-corrected chi connectivity index (χ3v) is 2.28. The van der Waals surface area contributed by atoms with E-state index in [1.54, 1.807) is 6.20 Å². The molecule has 3 heteroatoms. The molecule has 76 valence electrons. The molecule has 2 heterocycles. The first-order valence-corrected chi connectivity index (χ1v) is 5.03. The summed E-state index contributed by atoms with van der Waals surface area (Å²) in [6, 6.07) is 3.95. The predicted octanol–water partition coefficient (Wildman–Crippen LogP) is 2.41. The highest BCUT2D eigenvalue weighted by molar-refractivity contribution is 5.52. The molecule has 2 aromatic heterocycles. The molecule has 0 aromatic carbocycles. The Labute approximate surface area is 89.2 Å². The van der Waals surface area contributed by atoms with Crippen LogP contribution in [0.2, 0.25) is 0 Å². The molecule has 2 rings (SSSR count). The smallest absolute Gasteiger partial charge is 0.160 e. The number of nitrogens with zero attached hydrogens (tertiary/aromatic N) is 3. The molecule has 0 bridgehead atoms. The largest absolute Gasteiger partial charge is 0.261 e. The van der Waals surface area contributed by atoms with Crippen LogP contribution in [0.25, 0.3) is 11.4 Å². The van der Waals surface area contributed by atoms with E-state index in [1.807, 2.05) is 31.5 Å². The number of hydrogen-bond acceptors (Lipinski definition) is 3. The summed E-state index contributed by atoms with van der Waals surface area (Å²) in [6.07, 6.45) is 6.49. The van der Waals surface area contributed by atoms with Crippen molar-refractivity contribution in [1.82, 2.24) is 15.0 Å². The molecule has 0 amide bonds. The van der Waals surface area contributed by atoms with Gasteiger partial charge in [-0.25, -0.2) is 9.97 Å². The highest BCUT2D eigenvalue weighted by atomic mass is 14.9. The molecule has 0 aliphatic rings. The number of hydrogen-bond donors (Lipinski definition) is 0. The summed E-state index contributed by atoms with van der Waals surface area (Å²) in [4.78, 5) is 12.8. The standard InChI is InChI=1S/C12H13N3/c1-3-10-6-14-12(15-7-10)11-5-4-9(2)13-8-11/h4-8H,3H2,1-2H3. The summed E-state index contributed by atoms with van der Waals surface area (Å²) >= 11 is 0. The van der Waals surface area contributed by atoms with E-state index in [0.29, 0.717) is 0 Å². The lowest BCUT2D eigenvalue weighted by Gasteiger charge is -2.00. The Morgan fingerprint density at radius 2 is 1.73 bits per heavy atom. The molecule has 0 atom stereocenters. The van der Waals surface area contributed by atoms with Crippen molar-refractivity contribution in [3.05, 3.63) is 42.0 Å². The second kappa shape index (κ2) is 4.17. The van der Waals surface area contributed by atoms with Gasteiger partial charge in [-0.1, -0.05) is 6.92 Å². The first-order valence-electron chi connectivity index (χ1n) is 5.03. The van der Waals surface area contributed by atoms with Gasteiger partial charge in [-0.2, -0.15) is 0 Å². The average Bonchev–Trinajstić information content (AvgIpc) is 2.30. The van der Waals surface area contributed by atoms with Crippen molar-refractivity contribution in [1.29, 1.82) is 0 Å². The van der Waals surface area contributed by atoms with Crippen molar-refractivity contribution < 1.29 is 0 Å². The molecular weight excluding hydrogens is 186 g/mol. The van der Waals surface area contributed by atoms with Crippen molar-refractivity contribution in [2.45, 2.75) is 20.3 Å². The zero-order valence-corrected chi connectivity index (χ0v) is 8.94. The highest BCUT2D eigenvalue weighted by Crippen LogP contribution is 2.13. The SMILES string of the molecule is CCc1cnc(-c2ccc(C)nc2)nc1. The molecule has 0 N–H and O–H groups in total. The second-order valence-corrected chi connectivity index (χ2v) is 3.46. The van der Waals surface area contributed by atoms with Crippen LogP contribution in [0.5, 0.6) is 0 Å². The number of aryl methyl sites for hydroxylation is 2. The fraction of sp³-hybridized carbons (Fsp3) is 0.250. The monoisotopic (exact) mass is 199 g/mol. The van der Waals surface area contributed by atoms with Gasteiger partial charge in [0.25, 0.3) is 0 Å². The quantitative estimate of drug-likeness (QED) is 0.745. The van der Waals surface area contributed by atoms with E-state index in [-0.39, 0.29) is 0 Å². The molecule has 3 nitrogen and oxygen atoms in total. The lowest BCUT2D eigenvalue weighted by Crippen LogP contribution is -1.92. The lowest BCUT2D eigenvalue weighted by molar-refractivity contribution is 1.05. The summed E-state index contributed by atoms with van der Waals surface area (Å²) in [7, 11) is 0. The Balaban J connectivity index is 2.33. The van der Waals surface area contributed by atoms with Crippen LogP contribution in [0.3, 0.4) is 0 Å². The van der Waals surface area contributed by atoms with Crippen LogP contribution in [0, 0.1) is 6.92 Å². The van der Waals surface area contributed by atoms with E-state index in [2.05, 4.69) is 21.9 Å². The van der Waals surface area contributed by atoms with Gasteiger partial charge in [-0.05, 0) is 31.0 Å². The Morgan fingerprint density at radius 3 is 2.27 bits per heavy atom. The van der Waals surface area contributed by atoms with E-state index in [0.717, 1.165) is 29.1 Å². The number of pyridine rings is 1. The first-order chi connectivity index (χ1) is 7.29. The van der Waals surface area contributed by atoms with Gasteiger partial charge in [-0.3, -0.25) is 4.98 Å². The fourth-order valence-electron chi connectivity index (χ4n) is 1.29. The van der Waals surface area contributed by atoms with Gasteiger partial charge in [0.05, 0.1) is 0 Å². The maximum absolute atomic E-state index is 4.30. The van der Waals surface area contributed by atoms with Crippen LogP contribution >= 0.6 is 0 Å². The van der Waals surface area contributed by atoms with Gasteiger partial charge < -0.3 is 0 Å². The second-order valence-electron chi connectivity index (χ2n) is 3.46. The van der Waals surface area contributed by atoms with Gasteiger partial charge in [0.15, 0.2) is 5.82 Å². The molecule has 0 aliphatic carbocycles. The number of aromatic nitrogens is 3. The number of rotatable bonds is 2. The normalized spacial score (nSPS) is 10.3. The van der Waals surface area contributed by atoms with Crippen molar-refractivity contribution in [3.8, 4) is 11.4 Å². The van der Waals surface area contributed by atoms with Crippen LogP contribution in [0.1, 0.15) is 18.2 Å². The van der Waals surface area contributed by atoms with E-state index in [9.17, 15) is 0 Å². The first kappa shape index (κ1) is 9.77. The van der Waals surface area contributed by atoms with Crippen molar-refractivity contribution in [3.63, 3.8) is 0 Å². The molecule has 15 heavy (non-hydrogen) atoms. The highest BCUT2D eigenvalue weighted by Gasteiger charge is 2.00. The molecule has 0 saturated heterocycles. The maximum atomic E-state index is 4.30. The van der Waals surface area contributed by atoms with Gasteiger partial charge in [0.1, 0.15) is 0 Å². The molecule has 0 unspecified atom stereocenters. The Bertz CT molecular complexity index is 431. The van der Waals surface area contributed by atoms with E-state index in [1.165, 1.54) is 0 Å². The molecule has 0 spiro atoms. The third kappa shape index (κ3) is 2.18. The van der Waals surface area contributed by atoms with Crippen LogP contribution in [-0.4, -0.2) is 15.0 Å². The van der Waals surface area contributed by atoms with E-state index >= 15 is 0 Å². The molecule has 0 fully saturated rings. The molecule has 0 saturated carbocycles. The molecule has 2 aromatic rings. The molecule has 0 radical (unpaired) electrons. The molecular formula is C12H13N3. The summed E-state index contributed by atoms with van der Waals surface area (Å²) in [5, 5.41) is 0. The topological polar surface area (TPSA) is 38.7 Å². The van der Waals surface area contributed by atoms with Crippen LogP contribution in [-0.2, 0) is 6.42 Å². The summed E-state index contributed by atoms with van der Waals surface area (Å²) in [5.74, 6) is 0.736. The van der Waals surface area contributed by atoms with Crippen molar-refractivity contribution in [2.75, 3.05) is 0 Å².